The zero-order chi connectivity index (χ0) is 11.5. The lowest BCUT2D eigenvalue weighted by Crippen LogP contribution is -2.44. The average Bonchev–Trinajstić information content (AvgIpc) is 2.61. The van der Waals surface area contributed by atoms with Gasteiger partial charge in [0.1, 0.15) is 0 Å². The summed E-state index contributed by atoms with van der Waals surface area (Å²) in [6, 6.07) is 2.95. The Hall–Kier alpha value is 0.1000. The third-order valence-electron chi connectivity index (χ3n) is 3.18. The summed E-state index contributed by atoms with van der Waals surface area (Å²) in [4.78, 5) is 4.11. The summed E-state index contributed by atoms with van der Waals surface area (Å²) in [5.74, 6) is 0. The van der Waals surface area contributed by atoms with Gasteiger partial charge in [0.15, 0.2) is 0 Å². The number of hydrogen-bond donors (Lipinski definition) is 1. The summed E-state index contributed by atoms with van der Waals surface area (Å²) in [6.45, 7) is 9.06. The number of rotatable bonds is 3. The molecule has 16 heavy (non-hydrogen) atoms. The van der Waals surface area contributed by atoms with Crippen molar-refractivity contribution in [2.45, 2.75) is 26.3 Å². The van der Waals surface area contributed by atoms with E-state index >= 15 is 0 Å². The molecule has 1 atom stereocenters. The van der Waals surface area contributed by atoms with E-state index in [1.165, 1.54) is 33.7 Å². The van der Waals surface area contributed by atoms with Gasteiger partial charge in [-0.25, -0.2) is 0 Å². The first-order valence-corrected chi connectivity index (χ1v) is 7.54. The molecule has 1 aromatic rings. The van der Waals surface area contributed by atoms with Crippen LogP contribution in [0, 0.1) is 6.92 Å². The maximum atomic E-state index is 3.63. The molecule has 0 unspecified atom stereocenters. The smallest absolute Gasteiger partial charge is 0.0731 e. The molecule has 1 aromatic heterocycles. The standard InChI is InChI=1S/C12H19BrN2S/c1-3-10(15-6-4-14-5-7-15)11-8-9(2)12(13)16-11/h8,10,14H,3-7H2,1-2H3/t10-/m1/s1. The second-order valence-corrected chi connectivity index (χ2v) is 6.72. The third kappa shape index (κ3) is 2.67. The maximum Gasteiger partial charge on any atom is 0.0731 e. The number of thiophene rings is 1. The van der Waals surface area contributed by atoms with Gasteiger partial charge in [-0.05, 0) is 40.9 Å². The summed E-state index contributed by atoms with van der Waals surface area (Å²) in [7, 11) is 0. The minimum absolute atomic E-state index is 0.608. The van der Waals surface area contributed by atoms with Crippen LogP contribution in [0.1, 0.15) is 29.8 Å². The van der Waals surface area contributed by atoms with Crippen LogP contribution in [-0.2, 0) is 0 Å². The van der Waals surface area contributed by atoms with Gasteiger partial charge < -0.3 is 5.32 Å². The topological polar surface area (TPSA) is 15.3 Å². The van der Waals surface area contributed by atoms with Gasteiger partial charge in [-0.1, -0.05) is 6.92 Å². The largest absolute Gasteiger partial charge is 0.314 e. The van der Waals surface area contributed by atoms with E-state index in [1.54, 1.807) is 0 Å². The molecule has 2 nitrogen and oxygen atoms in total. The van der Waals surface area contributed by atoms with E-state index in [9.17, 15) is 0 Å². The van der Waals surface area contributed by atoms with Crippen molar-refractivity contribution in [1.29, 1.82) is 0 Å². The summed E-state index contributed by atoms with van der Waals surface area (Å²) in [6.07, 6.45) is 1.20. The van der Waals surface area contributed by atoms with E-state index in [0.717, 1.165) is 13.1 Å². The second-order valence-electron chi connectivity index (χ2n) is 4.32. The fraction of sp³-hybridized carbons (Fsp3) is 0.667. The molecule has 1 aliphatic rings. The first-order valence-electron chi connectivity index (χ1n) is 5.93. The Morgan fingerprint density at radius 1 is 1.50 bits per heavy atom. The third-order valence-corrected chi connectivity index (χ3v) is 5.42. The van der Waals surface area contributed by atoms with Crippen molar-refractivity contribution in [2.75, 3.05) is 26.2 Å². The molecule has 0 saturated carbocycles. The Kier molecular flexibility index (Phi) is 4.41. The van der Waals surface area contributed by atoms with Crippen molar-refractivity contribution in [3.05, 3.63) is 20.3 Å². The van der Waals surface area contributed by atoms with Gasteiger partial charge in [-0.2, -0.15) is 0 Å². The highest BCUT2D eigenvalue weighted by atomic mass is 79.9. The molecular formula is C12H19BrN2S. The quantitative estimate of drug-likeness (QED) is 0.922. The second kappa shape index (κ2) is 5.63. The van der Waals surface area contributed by atoms with E-state index in [1.807, 2.05) is 11.3 Å². The van der Waals surface area contributed by atoms with Gasteiger partial charge in [0.05, 0.1) is 3.79 Å². The van der Waals surface area contributed by atoms with E-state index in [2.05, 4.69) is 46.1 Å². The SMILES string of the molecule is CC[C@H](c1cc(C)c(Br)s1)N1CCNCC1. The van der Waals surface area contributed by atoms with Gasteiger partial charge in [-0.3, -0.25) is 4.90 Å². The molecule has 1 N–H and O–H groups in total. The van der Waals surface area contributed by atoms with Crippen LogP contribution in [0.3, 0.4) is 0 Å². The van der Waals surface area contributed by atoms with Crippen molar-refractivity contribution in [3.8, 4) is 0 Å². The number of nitrogens with zero attached hydrogens (tertiary/aromatic N) is 1. The first-order chi connectivity index (χ1) is 7.72. The Balaban J connectivity index is 2.14. The molecule has 2 heterocycles. The van der Waals surface area contributed by atoms with Crippen molar-refractivity contribution >= 4 is 27.3 Å². The Bertz CT molecular complexity index is 325. The minimum atomic E-state index is 0.608. The zero-order valence-electron chi connectivity index (χ0n) is 9.92. The van der Waals surface area contributed by atoms with Crippen molar-refractivity contribution in [1.82, 2.24) is 10.2 Å². The Labute approximate surface area is 110 Å². The van der Waals surface area contributed by atoms with Crippen LogP contribution in [0.4, 0.5) is 0 Å². The van der Waals surface area contributed by atoms with Crippen LogP contribution in [0.15, 0.2) is 9.85 Å². The van der Waals surface area contributed by atoms with Crippen molar-refractivity contribution < 1.29 is 0 Å². The van der Waals surface area contributed by atoms with Crippen LogP contribution in [0.2, 0.25) is 0 Å². The van der Waals surface area contributed by atoms with Gasteiger partial charge in [-0.15, -0.1) is 11.3 Å². The lowest BCUT2D eigenvalue weighted by molar-refractivity contribution is 0.172. The van der Waals surface area contributed by atoms with E-state index < -0.39 is 0 Å². The van der Waals surface area contributed by atoms with Crippen molar-refractivity contribution in [3.63, 3.8) is 0 Å². The fourth-order valence-electron chi connectivity index (χ4n) is 2.28. The lowest BCUT2D eigenvalue weighted by Gasteiger charge is -2.33. The molecule has 2 rings (SSSR count). The number of nitrogens with one attached hydrogen (secondary N) is 1. The molecule has 0 bridgehead atoms. The highest BCUT2D eigenvalue weighted by Crippen LogP contribution is 2.35. The molecule has 0 radical (unpaired) electrons. The first kappa shape index (κ1) is 12.6. The monoisotopic (exact) mass is 302 g/mol. The van der Waals surface area contributed by atoms with Gasteiger partial charge >= 0.3 is 0 Å². The Morgan fingerprint density at radius 3 is 2.69 bits per heavy atom. The van der Waals surface area contributed by atoms with Gasteiger partial charge in [0, 0.05) is 37.1 Å². The summed E-state index contributed by atoms with van der Waals surface area (Å²) in [5.41, 5.74) is 1.37. The molecule has 1 aliphatic heterocycles. The molecule has 90 valence electrons. The summed E-state index contributed by atoms with van der Waals surface area (Å²) in [5, 5.41) is 3.41. The summed E-state index contributed by atoms with van der Waals surface area (Å²) < 4.78 is 1.29. The maximum absolute atomic E-state index is 3.63. The molecule has 0 spiro atoms. The van der Waals surface area contributed by atoms with Crippen LogP contribution in [-0.4, -0.2) is 31.1 Å². The predicted molar refractivity (Wildman–Crippen MR) is 74.2 cm³/mol. The lowest BCUT2D eigenvalue weighted by atomic mass is 10.1. The molecule has 1 saturated heterocycles. The molecule has 0 aliphatic carbocycles. The molecule has 0 aromatic carbocycles. The average molecular weight is 303 g/mol. The highest BCUT2D eigenvalue weighted by Gasteiger charge is 2.22. The normalized spacial score (nSPS) is 19.9. The van der Waals surface area contributed by atoms with E-state index in [0.29, 0.717) is 6.04 Å². The van der Waals surface area contributed by atoms with E-state index in [-0.39, 0.29) is 0 Å². The zero-order valence-corrected chi connectivity index (χ0v) is 12.3. The van der Waals surface area contributed by atoms with Crippen LogP contribution >= 0.6 is 27.3 Å². The predicted octanol–water partition coefficient (Wildman–Crippen LogP) is 3.18. The number of halogens is 1. The molecule has 1 fully saturated rings. The Morgan fingerprint density at radius 2 is 2.19 bits per heavy atom. The van der Waals surface area contributed by atoms with Crippen molar-refractivity contribution in [2.24, 2.45) is 0 Å². The molecule has 4 heteroatoms. The van der Waals surface area contributed by atoms with Crippen LogP contribution < -0.4 is 5.32 Å². The van der Waals surface area contributed by atoms with Crippen LogP contribution in [0.5, 0.6) is 0 Å². The highest BCUT2D eigenvalue weighted by molar-refractivity contribution is 9.11. The molecule has 0 amide bonds. The summed E-state index contributed by atoms with van der Waals surface area (Å²) >= 11 is 5.52. The fourth-order valence-corrected chi connectivity index (χ4v) is 4.07. The number of aryl methyl sites for hydroxylation is 1. The van der Waals surface area contributed by atoms with E-state index in [4.69, 9.17) is 0 Å². The van der Waals surface area contributed by atoms with Crippen LogP contribution in [0.25, 0.3) is 0 Å². The number of piperazine rings is 1. The minimum Gasteiger partial charge on any atom is -0.314 e. The van der Waals surface area contributed by atoms with Gasteiger partial charge in [0.2, 0.25) is 0 Å². The van der Waals surface area contributed by atoms with Gasteiger partial charge in [0.25, 0.3) is 0 Å². The number of hydrogen-bond acceptors (Lipinski definition) is 3. The molecular weight excluding hydrogens is 284 g/mol.